The molecule has 1 N–H and O–H groups in total. The third kappa shape index (κ3) is 4.97. The molecule has 5 nitrogen and oxygen atoms in total. The highest BCUT2D eigenvalue weighted by Crippen LogP contribution is 2.23. The number of amides is 2. The number of piperidine rings is 1. The van der Waals surface area contributed by atoms with Gasteiger partial charge in [-0.1, -0.05) is 35.3 Å². The Balaban J connectivity index is 1.51. The lowest BCUT2D eigenvalue weighted by atomic mass is 9.95. The average Bonchev–Trinajstić information content (AvgIpc) is 2.72. The number of rotatable bonds is 5. The second-order valence-corrected chi connectivity index (χ2v) is 7.60. The molecule has 1 heterocycles. The molecule has 0 atom stereocenters. The highest BCUT2D eigenvalue weighted by atomic mass is 35.5. The third-order valence-electron chi connectivity index (χ3n) is 4.94. The third-order valence-corrected chi connectivity index (χ3v) is 5.52. The van der Waals surface area contributed by atoms with Crippen molar-refractivity contribution in [1.82, 2.24) is 10.2 Å². The molecular formula is C21H22Cl2N2O3. The van der Waals surface area contributed by atoms with Crippen LogP contribution in [0.1, 0.15) is 28.8 Å². The first-order valence-electron chi connectivity index (χ1n) is 9.13. The summed E-state index contributed by atoms with van der Waals surface area (Å²) in [6.07, 6.45) is 1.27. The number of nitrogens with zero attached hydrogens (tertiary/aromatic N) is 1. The van der Waals surface area contributed by atoms with Crippen LogP contribution in [0.2, 0.25) is 10.0 Å². The molecule has 0 bridgehead atoms. The largest absolute Gasteiger partial charge is 0.497 e. The molecule has 2 aromatic rings. The number of nitrogens with one attached hydrogen (secondary N) is 1. The van der Waals surface area contributed by atoms with Gasteiger partial charge >= 0.3 is 0 Å². The van der Waals surface area contributed by atoms with Crippen molar-refractivity contribution in [1.29, 1.82) is 0 Å². The van der Waals surface area contributed by atoms with Crippen molar-refractivity contribution >= 4 is 35.0 Å². The number of carbonyl (C=O) groups is 2. The maximum absolute atomic E-state index is 12.7. The Morgan fingerprint density at radius 3 is 2.57 bits per heavy atom. The van der Waals surface area contributed by atoms with Gasteiger partial charge in [-0.15, -0.1) is 0 Å². The number of carbonyl (C=O) groups excluding carboxylic acids is 2. The van der Waals surface area contributed by atoms with Crippen LogP contribution in [-0.4, -0.2) is 36.9 Å². The molecule has 0 aromatic heterocycles. The van der Waals surface area contributed by atoms with E-state index in [1.807, 2.05) is 0 Å². The highest BCUT2D eigenvalue weighted by Gasteiger charge is 2.27. The van der Waals surface area contributed by atoms with Crippen molar-refractivity contribution < 1.29 is 14.3 Å². The molecule has 28 heavy (non-hydrogen) atoms. The van der Waals surface area contributed by atoms with Crippen molar-refractivity contribution in [2.24, 2.45) is 5.92 Å². The molecule has 2 amide bonds. The number of methoxy groups -OCH3 is 1. The molecule has 0 spiro atoms. The fourth-order valence-corrected chi connectivity index (χ4v) is 3.75. The molecule has 0 saturated carbocycles. The van der Waals surface area contributed by atoms with Crippen LogP contribution in [0.15, 0.2) is 42.5 Å². The average molecular weight is 421 g/mol. The predicted molar refractivity (Wildman–Crippen MR) is 110 cm³/mol. The monoisotopic (exact) mass is 420 g/mol. The van der Waals surface area contributed by atoms with Crippen molar-refractivity contribution in [3.8, 4) is 5.75 Å². The minimum atomic E-state index is -0.111. The van der Waals surface area contributed by atoms with Gasteiger partial charge in [0.2, 0.25) is 5.91 Å². The topological polar surface area (TPSA) is 58.6 Å². The Hall–Kier alpha value is -2.24. The van der Waals surface area contributed by atoms with E-state index in [9.17, 15) is 9.59 Å². The number of benzene rings is 2. The number of hydrogen-bond donors (Lipinski definition) is 1. The first-order valence-corrected chi connectivity index (χ1v) is 9.88. The molecule has 7 heteroatoms. The number of ether oxygens (including phenoxy) is 1. The van der Waals surface area contributed by atoms with Gasteiger partial charge in [-0.2, -0.15) is 0 Å². The van der Waals surface area contributed by atoms with E-state index in [0.717, 1.165) is 5.56 Å². The van der Waals surface area contributed by atoms with E-state index >= 15 is 0 Å². The molecule has 1 aliphatic heterocycles. The maximum atomic E-state index is 12.7. The molecule has 1 aliphatic rings. The first-order chi connectivity index (χ1) is 13.5. The van der Waals surface area contributed by atoms with E-state index in [1.165, 1.54) is 0 Å². The Labute approximate surface area is 174 Å². The smallest absolute Gasteiger partial charge is 0.253 e. The van der Waals surface area contributed by atoms with Crippen molar-refractivity contribution in [3.05, 3.63) is 63.6 Å². The van der Waals surface area contributed by atoms with Crippen LogP contribution in [0.25, 0.3) is 0 Å². The fraction of sp³-hybridized carbons (Fsp3) is 0.333. The zero-order valence-corrected chi connectivity index (χ0v) is 17.1. The second-order valence-electron chi connectivity index (χ2n) is 6.75. The minimum absolute atomic E-state index is 0.0144. The first kappa shape index (κ1) is 20.5. The summed E-state index contributed by atoms with van der Waals surface area (Å²) >= 11 is 12.0. The van der Waals surface area contributed by atoms with Gasteiger partial charge in [-0.05, 0) is 48.7 Å². The van der Waals surface area contributed by atoms with Crippen LogP contribution in [0.5, 0.6) is 5.75 Å². The summed E-state index contributed by atoms with van der Waals surface area (Å²) < 4.78 is 5.18. The molecule has 3 rings (SSSR count). The SMILES string of the molecule is COc1cccc(C(=O)N2CCC(C(=O)NCc3ccc(Cl)cc3Cl)CC2)c1. The lowest BCUT2D eigenvalue weighted by Gasteiger charge is -2.31. The zero-order chi connectivity index (χ0) is 20.1. The Morgan fingerprint density at radius 2 is 1.89 bits per heavy atom. The molecule has 1 fully saturated rings. The molecular weight excluding hydrogens is 399 g/mol. The van der Waals surface area contributed by atoms with Crippen LogP contribution < -0.4 is 10.1 Å². The summed E-state index contributed by atoms with van der Waals surface area (Å²) in [5.74, 6) is 0.492. The molecule has 1 saturated heterocycles. The zero-order valence-electron chi connectivity index (χ0n) is 15.6. The van der Waals surface area contributed by atoms with Crippen LogP contribution >= 0.6 is 23.2 Å². The van der Waals surface area contributed by atoms with Gasteiger partial charge in [0.25, 0.3) is 5.91 Å². The summed E-state index contributed by atoms with van der Waals surface area (Å²) in [5.41, 5.74) is 1.42. The van der Waals surface area contributed by atoms with E-state index in [4.69, 9.17) is 27.9 Å². The van der Waals surface area contributed by atoms with E-state index in [-0.39, 0.29) is 17.7 Å². The summed E-state index contributed by atoms with van der Waals surface area (Å²) in [6.45, 7) is 1.46. The van der Waals surface area contributed by atoms with Crippen LogP contribution in [0, 0.1) is 5.92 Å². The standard InChI is InChI=1S/C21H22Cl2N2O3/c1-28-18-4-2-3-15(11-18)21(27)25-9-7-14(8-10-25)20(26)24-13-16-5-6-17(22)12-19(16)23/h2-6,11-12,14H,7-10,13H2,1H3,(H,24,26). The van der Waals surface area contributed by atoms with Crippen molar-refractivity contribution in [2.45, 2.75) is 19.4 Å². The summed E-state index contributed by atoms with van der Waals surface area (Å²) in [6, 6.07) is 12.3. The van der Waals surface area contributed by atoms with Crippen molar-refractivity contribution in [3.63, 3.8) is 0 Å². The Kier molecular flexibility index (Phi) is 6.81. The number of halogens is 2. The molecule has 0 unspecified atom stereocenters. The normalized spacial score (nSPS) is 14.6. The lowest BCUT2D eigenvalue weighted by molar-refractivity contribution is -0.126. The molecule has 2 aromatic carbocycles. The summed E-state index contributed by atoms with van der Waals surface area (Å²) in [5, 5.41) is 4.03. The molecule has 0 radical (unpaired) electrons. The van der Waals surface area contributed by atoms with E-state index < -0.39 is 0 Å². The minimum Gasteiger partial charge on any atom is -0.497 e. The van der Waals surface area contributed by atoms with Crippen LogP contribution in [0.4, 0.5) is 0 Å². The predicted octanol–water partition coefficient (Wildman–Crippen LogP) is 4.17. The van der Waals surface area contributed by atoms with Gasteiger partial charge in [0.05, 0.1) is 7.11 Å². The van der Waals surface area contributed by atoms with E-state index in [0.29, 0.717) is 53.8 Å². The number of hydrogen-bond acceptors (Lipinski definition) is 3. The van der Waals surface area contributed by atoms with Crippen molar-refractivity contribution in [2.75, 3.05) is 20.2 Å². The van der Waals surface area contributed by atoms with Gasteiger partial charge in [-0.25, -0.2) is 0 Å². The summed E-state index contributed by atoms with van der Waals surface area (Å²) in [7, 11) is 1.57. The van der Waals surface area contributed by atoms with E-state index in [2.05, 4.69) is 5.32 Å². The van der Waals surface area contributed by atoms with Gasteiger partial charge in [0.15, 0.2) is 0 Å². The second kappa shape index (κ2) is 9.30. The fourth-order valence-electron chi connectivity index (χ4n) is 3.28. The van der Waals surface area contributed by atoms with Gasteiger partial charge in [0.1, 0.15) is 5.75 Å². The Bertz CT molecular complexity index is 864. The highest BCUT2D eigenvalue weighted by molar-refractivity contribution is 6.35. The van der Waals surface area contributed by atoms with Gasteiger partial charge < -0.3 is 15.0 Å². The maximum Gasteiger partial charge on any atom is 0.253 e. The quantitative estimate of drug-likeness (QED) is 0.789. The summed E-state index contributed by atoms with van der Waals surface area (Å²) in [4.78, 5) is 26.9. The van der Waals surface area contributed by atoms with Crippen LogP contribution in [-0.2, 0) is 11.3 Å². The van der Waals surface area contributed by atoms with Crippen LogP contribution in [0.3, 0.4) is 0 Å². The molecule has 148 valence electrons. The Morgan fingerprint density at radius 1 is 1.14 bits per heavy atom. The molecule has 0 aliphatic carbocycles. The van der Waals surface area contributed by atoms with E-state index in [1.54, 1.807) is 54.5 Å². The van der Waals surface area contributed by atoms with Gasteiger partial charge in [-0.3, -0.25) is 9.59 Å². The number of likely N-dealkylation sites (tertiary alicyclic amines) is 1. The lowest BCUT2D eigenvalue weighted by Crippen LogP contribution is -2.42. The van der Waals surface area contributed by atoms with Gasteiger partial charge in [0, 0.05) is 41.2 Å².